The zero-order valence-electron chi connectivity index (χ0n) is 11.7. The number of hydrogen-bond acceptors (Lipinski definition) is 2. The number of anilines is 2. The SMILES string of the molecule is CCNCc1cc(Cl)ccc1N(C)c1ccccc1F. The smallest absolute Gasteiger partial charge is 0.146 e. The Morgan fingerprint density at radius 3 is 2.60 bits per heavy atom. The van der Waals surface area contributed by atoms with Crippen LogP contribution in [0.25, 0.3) is 0 Å². The molecule has 0 radical (unpaired) electrons. The van der Waals surface area contributed by atoms with Crippen LogP contribution in [0.2, 0.25) is 5.02 Å². The molecule has 2 rings (SSSR count). The number of benzene rings is 2. The molecule has 0 aromatic heterocycles. The average Bonchev–Trinajstić information content (AvgIpc) is 2.45. The van der Waals surface area contributed by atoms with E-state index in [0.29, 0.717) is 17.3 Å². The second-order valence-electron chi connectivity index (χ2n) is 4.56. The summed E-state index contributed by atoms with van der Waals surface area (Å²) in [6.45, 7) is 3.62. The van der Waals surface area contributed by atoms with E-state index in [1.54, 1.807) is 12.1 Å². The lowest BCUT2D eigenvalue weighted by molar-refractivity contribution is 0.627. The second kappa shape index (κ2) is 6.73. The third-order valence-electron chi connectivity index (χ3n) is 3.18. The van der Waals surface area contributed by atoms with Gasteiger partial charge in [0, 0.05) is 24.3 Å². The van der Waals surface area contributed by atoms with Crippen molar-refractivity contribution in [1.29, 1.82) is 0 Å². The fourth-order valence-electron chi connectivity index (χ4n) is 2.14. The molecule has 0 aliphatic heterocycles. The molecule has 0 saturated heterocycles. The Morgan fingerprint density at radius 2 is 1.90 bits per heavy atom. The van der Waals surface area contributed by atoms with E-state index in [9.17, 15) is 4.39 Å². The molecule has 2 aromatic rings. The van der Waals surface area contributed by atoms with Gasteiger partial charge in [-0.05, 0) is 42.4 Å². The number of nitrogens with one attached hydrogen (secondary N) is 1. The monoisotopic (exact) mass is 292 g/mol. The van der Waals surface area contributed by atoms with Gasteiger partial charge in [-0.15, -0.1) is 0 Å². The van der Waals surface area contributed by atoms with E-state index < -0.39 is 0 Å². The van der Waals surface area contributed by atoms with Crippen molar-refractivity contribution >= 4 is 23.0 Å². The second-order valence-corrected chi connectivity index (χ2v) is 5.00. The molecule has 0 amide bonds. The maximum absolute atomic E-state index is 13.9. The van der Waals surface area contributed by atoms with Crippen molar-refractivity contribution in [3.63, 3.8) is 0 Å². The molecule has 0 aliphatic carbocycles. The van der Waals surface area contributed by atoms with Crippen LogP contribution in [0.5, 0.6) is 0 Å². The van der Waals surface area contributed by atoms with Gasteiger partial charge in [0.15, 0.2) is 0 Å². The zero-order chi connectivity index (χ0) is 14.5. The Morgan fingerprint density at radius 1 is 1.15 bits per heavy atom. The Balaban J connectivity index is 2.38. The van der Waals surface area contributed by atoms with Gasteiger partial charge >= 0.3 is 0 Å². The van der Waals surface area contributed by atoms with Crippen LogP contribution in [0.3, 0.4) is 0 Å². The summed E-state index contributed by atoms with van der Waals surface area (Å²) >= 11 is 6.06. The highest BCUT2D eigenvalue weighted by Gasteiger charge is 2.12. The molecule has 20 heavy (non-hydrogen) atoms. The van der Waals surface area contributed by atoms with Gasteiger partial charge in [0.05, 0.1) is 5.69 Å². The molecule has 2 aromatic carbocycles. The molecule has 2 nitrogen and oxygen atoms in total. The van der Waals surface area contributed by atoms with Crippen molar-refractivity contribution in [3.05, 3.63) is 58.9 Å². The summed E-state index contributed by atoms with van der Waals surface area (Å²) in [6.07, 6.45) is 0. The lowest BCUT2D eigenvalue weighted by Gasteiger charge is -2.23. The highest BCUT2D eigenvalue weighted by Crippen LogP contribution is 2.30. The van der Waals surface area contributed by atoms with E-state index in [-0.39, 0.29) is 5.82 Å². The van der Waals surface area contributed by atoms with Gasteiger partial charge in [0.25, 0.3) is 0 Å². The predicted octanol–water partition coefficient (Wildman–Crippen LogP) is 4.36. The van der Waals surface area contributed by atoms with Crippen molar-refractivity contribution in [2.24, 2.45) is 0 Å². The van der Waals surface area contributed by atoms with Gasteiger partial charge < -0.3 is 10.2 Å². The van der Waals surface area contributed by atoms with Crippen molar-refractivity contribution in [2.45, 2.75) is 13.5 Å². The van der Waals surface area contributed by atoms with Crippen LogP contribution >= 0.6 is 11.6 Å². The summed E-state index contributed by atoms with van der Waals surface area (Å²) in [7, 11) is 1.86. The summed E-state index contributed by atoms with van der Waals surface area (Å²) in [5, 5.41) is 3.96. The van der Waals surface area contributed by atoms with Crippen LogP contribution in [0.1, 0.15) is 12.5 Å². The van der Waals surface area contributed by atoms with Crippen LogP contribution in [0, 0.1) is 5.82 Å². The maximum Gasteiger partial charge on any atom is 0.146 e. The summed E-state index contributed by atoms with van der Waals surface area (Å²) in [4.78, 5) is 1.85. The topological polar surface area (TPSA) is 15.3 Å². The fraction of sp³-hybridized carbons (Fsp3) is 0.250. The summed E-state index contributed by atoms with van der Waals surface area (Å²) < 4.78 is 13.9. The summed E-state index contributed by atoms with van der Waals surface area (Å²) in [5.74, 6) is -0.237. The molecule has 0 saturated carbocycles. The fourth-order valence-corrected chi connectivity index (χ4v) is 2.33. The predicted molar refractivity (Wildman–Crippen MR) is 83.3 cm³/mol. The number of halogens is 2. The van der Waals surface area contributed by atoms with Gasteiger partial charge in [-0.3, -0.25) is 0 Å². The minimum atomic E-state index is -0.237. The molecule has 4 heteroatoms. The highest BCUT2D eigenvalue weighted by atomic mass is 35.5. The van der Waals surface area contributed by atoms with Gasteiger partial charge in [0.1, 0.15) is 5.82 Å². The minimum Gasteiger partial charge on any atom is -0.342 e. The quantitative estimate of drug-likeness (QED) is 0.881. The largest absolute Gasteiger partial charge is 0.342 e. The minimum absolute atomic E-state index is 0.237. The average molecular weight is 293 g/mol. The third kappa shape index (κ3) is 3.30. The Bertz CT molecular complexity index is 586. The third-order valence-corrected chi connectivity index (χ3v) is 3.42. The van der Waals surface area contributed by atoms with Crippen LogP contribution in [-0.2, 0) is 6.54 Å². The lowest BCUT2D eigenvalue weighted by atomic mass is 10.1. The van der Waals surface area contributed by atoms with Crippen LogP contribution in [0.15, 0.2) is 42.5 Å². The summed E-state index contributed by atoms with van der Waals surface area (Å²) in [5.41, 5.74) is 2.54. The van der Waals surface area contributed by atoms with E-state index in [4.69, 9.17) is 11.6 Å². The van der Waals surface area contributed by atoms with Gasteiger partial charge in [-0.2, -0.15) is 0 Å². The number of para-hydroxylation sites is 1. The number of nitrogens with zero attached hydrogens (tertiary/aromatic N) is 1. The molecule has 0 fully saturated rings. The highest BCUT2D eigenvalue weighted by molar-refractivity contribution is 6.30. The lowest BCUT2D eigenvalue weighted by Crippen LogP contribution is -2.17. The standard InChI is InChI=1S/C16H18ClFN2/c1-3-19-11-12-10-13(17)8-9-15(12)20(2)16-7-5-4-6-14(16)18/h4-10,19H,3,11H2,1-2H3. The molecule has 0 heterocycles. The first-order chi connectivity index (χ1) is 9.63. The first kappa shape index (κ1) is 14.8. The first-order valence-corrected chi connectivity index (χ1v) is 6.98. The molecule has 0 bridgehead atoms. The van der Waals surface area contributed by atoms with Gasteiger partial charge in [-0.25, -0.2) is 4.39 Å². The molecule has 0 unspecified atom stereocenters. The normalized spacial score (nSPS) is 10.6. The van der Waals surface area contributed by atoms with Gasteiger partial charge in [0.2, 0.25) is 0 Å². The van der Waals surface area contributed by atoms with E-state index in [1.807, 2.05) is 43.1 Å². The van der Waals surface area contributed by atoms with Crippen molar-refractivity contribution in [3.8, 4) is 0 Å². The number of hydrogen-bond donors (Lipinski definition) is 1. The van der Waals surface area contributed by atoms with E-state index >= 15 is 0 Å². The Hall–Kier alpha value is -1.58. The van der Waals surface area contributed by atoms with E-state index in [1.165, 1.54) is 6.07 Å². The molecule has 0 atom stereocenters. The van der Waals surface area contributed by atoms with Crippen molar-refractivity contribution < 1.29 is 4.39 Å². The molecule has 0 aliphatic rings. The molecule has 0 spiro atoms. The molecular formula is C16H18ClFN2. The van der Waals surface area contributed by atoms with E-state index in [0.717, 1.165) is 17.8 Å². The molecular weight excluding hydrogens is 275 g/mol. The summed E-state index contributed by atoms with van der Waals surface area (Å²) in [6, 6.07) is 12.4. The zero-order valence-corrected chi connectivity index (χ0v) is 12.4. The van der Waals surface area contributed by atoms with Crippen molar-refractivity contribution in [1.82, 2.24) is 5.32 Å². The van der Waals surface area contributed by atoms with E-state index in [2.05, 4.69) is 5.32 Å². The van der Waals surface area contributed by atoms with Crippen molar-refractivity contribution in [2.75, 3.05) is 18.5 Å². The van der Waals surface area contributed by atoms with Crippen LogP contribution in [-0.4, -0.2) is 13.6 Å². The molecule has 1 N–H and O–H groups in total. The Labute approximate surface area is 124 Å². The van der Waals surface area contributed by atoms with Gasteiger partial charge in [-0.1, -0.05) is 30.7 Å². The Kier molecular flexibility index (Phi) is 4.99. The van der Waals surface area contributed by atoms with Crippen LogP contribution in [0.4, 0.5) is 15.8 Å². The molecule has 106 valence electrons. The first-order valence-electron chi connectivity index (χ1n) is 6.61. The van der Waals surface area contributed by atoms with Crippen LogP contribution < -0.4 is 10.2 Å². The number of rotatable bonds is 5. The maximum atomic E-state index is 13.9.